The van der Waals surface area contributed by atoms with E-state index in [-0.39, 0.29) is 18.5 Å². The van der Waals surface area contributed by atoms with E-state index in [2.05, 4.69) is 31.3 Å². The van der Waals surface area contributed by atoms with Crippen molar-refractivity contribution in [1.82, 2.24) is 5.32 Å². The first-order chi connectivity index (χ1) is 30.5. The molecule has 0 radical (unpaired) electrons. The summed E-state index contributed by atoms with van der Waals surface area (Å²) >= 11 is 0. The lowest BCUT2D eigenvalue weighted by atomic mass is 10.0. The van der Waals surface area contributed by atoms with E-state index in [4.69, 9.17) is 4.74 Å². The standard InChI is InChI=1S/C56H107NO5/c1-3-5-7-9-11-13-14-26-30-34-38-42-46-50-56(61)62-51-47-43-39-35-31-28-25-23-21-19-17-15-16-18-20-22-24-27-29-33-37-41-45-49-55(60)57-53(52-58)54(59)48-44-40-36-32-12-10-8-6-4-2/h13-14,44,48,53-54,58-59H,3-12,15-43,45-47,49-52H2,1-2H3,(H,57,60)/b14-13-,48-44+. The second kappa shape index (κ2) is 52.0. The van der Waals surface area contributed by atoms with Gasteiger partial charge in [0.1, 0.15) is 0 Å². The third-order valence-corrected chi connectivity index (χ3v) is 12.7. The number of esters is 1. The van der Waals surface area contributed by atoms with Crippen LogP contribution in [0.25, 0.3) is 0 Å². The number of carbonyl (C=O) groups is 2. The lowest BCUT2D eigenvalue weighted by Crippen LogP contribution is -2.45. The van der Waals surface area contributed by atoms with E-state index in [0.717, 1.165) is 44.9 Å². The second-order valence-corrected chi connectivity index (χ2v) is 18.9. The fourth-order valence-corrected chi connectivity index (χ4v) is 8.45. The van der Waals surface area contributed by atoms with E-state index < -0.39 is 12.1 Å². The van der Waals surface area contributed by atoms with Crippen molar-refractivity contribution in [3.8, 4) is 0 Å². The highest BCUT2D eigenvalue weighted by molar-refractivity contribution is 5.76. The highest BCUT2D eigenvalue weighted by atomic mass is 16.5. The van der Waals surface area contributed by atoms with Crippen molar-refractivity contribution in [3.63, 3.8) is 0 Å². The fraction of sp³-hybridized carbons (Fsp3) is 0.893. The largest absolute Gasteiger partial charge is 0.466 e. The third kappa shape index (κ3) is 47.8. The number of hydrogen-bond donors (Lipinski definition) is 3. The molecule has 0 spiro atoms. The Bertz CT molecular complexity index is 966. The molecule has 0 rings (SSSR count). The monoisotopic (exact) mass is 874 g/mol. The highest BCUT2D eigenvalue weighted by Crippen LogP contribution is 2.17. The summed E-state index contributed by atoms with van der Waals surface area (Å²) in [6.07, 6.45) is 62.1. The van der Waals surface area contributed by atoms with Gasteiger partial charge in [0.15, 0.2) is 0 Å². The van der Waals surface area contributed by atoms with Crippen LogP contribution < -0.4 is 5.32 Å². The summed E-state index contributed by atoms with van der Waals surface area (Å²) < 4.78 is 5.47. The van der Waals surface area contributed by atoms with Crippen LogP contribution in [0, 0.1) is 0 Å². The zero-order valence-electron chi connectivity index (χ0n) is 41.6. The molecular weight excluding hydrogens is 767 g/mol. The molecule has 3 N–H and O–H groups in total. The van der Waals surface area contributed by atoms with Crippen molar-refractivity contribution < 1.29 is 24.5 Å². The van der Waals surface area contributed by atoms with Crippen LogP contribution in [-0.4, -0.2) is 47.4 Å². The maximum atomic E-state index is 12.4. The van der Waals surface area contributed by atoms with E-state index in [0.29, 0.717) is 19.4 Å². The van der Waals surface area contributed by atoms with Gasteiger partial charge in [0.05, 0.1) is 25.4 Å². The van der Waals surface area contributed by atoms with Crippen LogP contribution >= 0.6 is 0 Å². The van der Waals surface area contributed by atoms with Crippen LogP contribution in [0.1, 0.15) is 296 Å². The molecule has 0 aromatic carbocycles. The fourth-order valence-electron chi connectivity index (χ4n) is 8.45. The Hall–Kier alpha value is -1.66. The van der Waals surface area contributed by atoms with Crippen LogP contribution in [0.2, 0.25) is 0 Å². The van der Waals surface area contributed by atoms with Crippen LogP contribution in [0.4, 0.5) is 0 Å². The van der Waals surface area contributed by atoms with Gasteiger partial charge in [-0.25, -0.2) is 0 Å². The van der Waals surface area contributed by atoms with Crippen molar-refractivity contribution in [2.45, 2.75) is 309 Å². The molecule has 0 saturated carbocycles. The van der Waals surface area contributed by atoms with Gasteiger partial charge in [-0.2, -0.15) is 0 Å². The molecule has 0 saturated heterocycles. The summed E-state index contributed by atoms with van der Waals surface area (Å²) in [6.45, 7) is 4.86. The maximum Gasteiger partial charge on any atom is 0.305 e. The summed E-state index contributed by atoms with van der Waals surface area (Å²) in [5, 5.41) is 22.9. The summed E-state index contributed by atoms with van der Waals surface area (Å²) in [5.74, 6) is -0.0658. The van der Waals surface area contributed by atoms with Crippen molar-refractivity contribution in [2.75, 3.05) is 13.2 Å². The minimum absolute atomic E-state index is 0.00426. The number of amides is 1. The molecular formula is C56H107NO5. The average Bonchev–Trinajstić information content (AvgIpc) is 3.27. The molecule has 0 aromatic heterocycles. The topological polar surface area (TPSA) is 95.9 Å². The molecule has 0 aromatic rings. The van der Waals surface area contributed by atoms with E-state index in [9.17, 15) is 19.8 Å². The second-order valence-electron chi connectivity index (χ2n) is 18.9. The molecule has 0 aliphatic carbocycles. The van der Waals surface area contributed by atoms with Crippen LogP contribution in [0.15, 0.2) is 24.3 Å². The number of nitrogens with one attached hydrogen (secondary N) is 1. The van der Waals surface area contributed by atoms with Gasteiger partial charge in [0.2, 0.25) is 5.91 Å². The Morgan fingerprint density at radius 3 is 1.16 bits per heavy atom. The Labute approximate surface area is 386 Å². The first-order valence-electron chi connectivity index (χ1n) is 27.6. The molecule has 1 amide bonds. The molecule has 2 atom stereocenters. The normalized spacial score (nSPS) is 12.8. The van der Waals surface area contributed by atoms with Crippen LogP contribution in [-0.2, 0) is 14.3 Å². The predicted octanol–water partition coefficient (Wildman–Crippen LogP) is 16.7. The number of aliphatic hydroxyl groups is 2. The molecule has 0 aliphatic rings. The average molecular weight is 874 g/mol. The Balaban J connectivity index is 3.36. The molecule has 0 bridgehead atoms. The van der Waals surface area contributed by atoms with Gasteiger partial charge in [-0.3, -0.25) is 9.59 Å². The number of ether oxygens (including phenoxy) is 1. The zero-order chi connectivity index (χ0) is 45.1. The molecule has 0 heterocycles. The molecule has 0 aliphatic heterocycles. The van der Waals surface area contributed by atoms with Gasteiger partial charge in [-0.05, 0) is 57.8 Å². The maximum absolute atomic E-state index is 12.4. The minimum Gasteiger partial charge on any atom is -0.466 e. The van der Waals surface area contributed by atoms with E-state index in [1.54, 1.807) is 6.08 Å². The summed E-state index contributed by atoms with van der Waals surface area (Å²) in [5.41, 5.74) is 0. The Morgan fingerprint density at radius 2 is 0.758 bits per heavy atom. The van der Waals surface area contributed by atoms with Crippen LogP contribution in [0.5, 0.6) is 0 Å². The minimum atomic E-state index is -0.841. The lowest BCUT2D eigenvalue weighted by molar-refractivity contribution is -0.143. The van der Waals surface area contributed by atoms with Gasteiger partial charge in [-0.15, -0.1) is 0 Å². The SMILES string of the molecule is CCCCCC/C=C\CCCCCCCC(=O)OCCCCCCCCCCCCCCCCCCCCCCCCCC(=O)NC(CO)C(O)/C=C/CCCCCCCCC. The quantitative estimate of drug-likeness (QED) is 0.0321. The van der Waals surface area contributed by atoms with E-state index in [1.807, 2.05) is 6.08 Å². The van der Waals surface area contributed by atoms with Gasteiger partial charge in [0, 0.05) is 12.8 Å². The van der Waals surface area contributed by atoms with E-state index >= 15 is 0 Å². The van der Waals surface area contributed by atoms with Crippen molar-refractivity contribution in [3.05, 3.63) is 24.3 Å². The number of carbonyl (C=O) groups excluding carboxylic acids is 2. The van der Waals surface area contributed by atoms with Crippen molar-refractivity contribution in [2.24, 2.45) is 0 Å². The van der Waals surface area contributed by atoms with Crippen LogP contribution in [0.3, 0.4) is 0 Å². The molecule has 62 heavy (non-hydrogen) atoms. The first-order valence-corrected chi connectivity index (χ1v) is 27.6. The predicted molar refractivity (Wildman–Crippen MR) is 269 cm³/mol. The van der Waals surface area contributed by atoms with Gasteiger partial charge >= 0.3 is 5.97 Å². The van der Waals surface area contributed by atoms with Gasteiger partial charge < -0.3 is 20.3 Å². The first kappa shape index (κ1) is 60.3. The zero-order valence-corrected chi connectivity index (χ0v) is 41.6. The number of rotatable bonds is 51. The van der Waals surface area contributed by atoms with E-state index in [1.165, 1.54) is 225 Å². The van der Waals surface area contributed by atoms with Crippen molar-refractivity contribution in [1.29, 1.82) is 0 Å². The Morgan fingerprint density at radius 1 is 0.435 bits per heavy atom. The number of unbranched alkanes of at least 4 members (excludes halogenated alkanes) is 38. The highest BCUT2D eigenvalue weighted by Gasteiger charge is 2.18. The number of hydrogen-bond acceptors (Lipinski definition) is 5. The lowest BCUT2D eigenvalue weighted by Gasteiger charge is -2.20. The molecule has 366 valence electrons. The van der Waals surface area contributed by atoms with Gasteiger partial charge in [0.25, 0.3) is 0 Å². The smallest absolute Gasteiger partial charge is 0.305 e. The molecule has 2 unspecified atom stereocenters. The van der Waals surface area contributed by atoms with Gasteiger partial charge in [-0.1, -0.05) is 250 Å². The third-order valence-electron chi connectivity index (χ3n) is 12.7. The summed E-state index contributed by atoms with van der Waals surface area (Å²) in [6, 6.07) is -0.625. The molecule has 0 fully saturated rings. The number of aliphatic hydroxyl groups excluding tert-OH is 2. The molecule has 6 nitrogen and oxygen atoms in total. The molecule has 6 heteroatoms. The van der Waals surface area contributed by atoms with Crippen molar-refractivity contribution >= 4 is 11.9 Å². The summed E-state index contributed by atoms with van der Waals surface area (Å²) in [4.78, 5) is 24.4. The number of allylic oxidation sites excluding steroid dienone is 3. The summed E-state index contributed by atoms with van der Waals surface area (Å²) in [7, 11) is 0. The Kier molecular flexibility index (Phi) is 50.6.